The molecule has 1 unspecified atom stereocenters. The Kier molecular flexibility index (Phi) is 5.33. The van der Waals surface area contributed by atoms with E-state index in [0.29, 0.717) is 35.0 Å². The summed E-state index contributed by atoms with van der Waals surface area (Å²) in [5, 5.41) is 0.607. The van der Waals surface area contributed by atoms with Gasteiger partial charge in [-0.25, -0.2) is 0 Å². The molecule has 1 amide bonds. The molecular weight excluding hydrogens is 350 g/mol. The van der Waals surface area contributed by atoms with Gasteiger partial charge in [0.25, 0.3) is 5.91 Å². The topological polar surface area (TPSA) is 46.6 Å². The lowest BCUT2D eigenvalue weighted by Gasteiger charge is -2.36. The fourth-order valence-electron chi connectivity index (χ4n) is 3.05. The van der Waals surface area contributed by atoms with Gasteiger partial charge in [-0.2, -0.15) is 0 Å². The van der Waals surface area contributed by atoms with Crippen molar-refractivity contribution in [2.45, 2.75) is 39.8 Å². The van der Waals surface area contributed by atoms with Crippen LogP contribution in [0, 0.1) is 5.92 Å². The lowest BCUT2D eigenvalue weighted by molar-refractivity contribution is -0.128. The summed E-state index contributed by atoms with van der Waals surface area (Å²) < 4.78 is 5.94. The predicted octanol–water partition coefficient (Wildman–Crippen LogP) is 4.88. The van der Waals surface area contributed by atoms with Crippen molar-refractivity contribution >= 4 is 29.0 Å². The van der Waals surface area contributed by atoms with Crippen molar-refractivity contribution in [2.75, 3.05) is 4.90 Å². The third-order valence-electron chi connectivity index (χ3n) is 4.55. The predicted molar refractivity (Wildman–Crippen MR) is 103 cm³/mol. The van der Waals surface area contributed by atoms with Crippen molar-refractivity contribution in [3.63, 3.8) is 0 Å². The van der Waals surface area contributed by atoms with Crippen LogP contribution in [0.5, 0.6) is 5.75 Å². The zero-order chi connectivity index (χ0) is 18.8. The Bertz CT molecular complexity index is 847. The van der Waals surface area contributed by atoms with Crippen LogP contribution in [0.4, 0.5) is 5.69 Å². The summed E-state index contributed by atoms with van der Waals surface area (Å²) in [7, 11) is 0. The standard InChI is InChI=1S/C21H22ClNO3/c1-4-18(24)14-9-10-19-17(11-14)23(21(25)20(26-19)13(2)3)12-15-7-5-6-8-16(15)22/h5-11,13,20H,4,12H2,1-3H3. The molecule has 2 aromatic carbocycles. The minimum Gasteiger partial charge on any atom is -0.478 e. The van der Waals surface area contributed by atoms with Crippen LogP contribution in [0.25, 0.3) is 0 Å². The highest BCUT2D eigenvalue weighted by atomic mass is 35.5. The average molecular weight is 372 g/mol. The number of hydrogen-bond donors (Lipinski definition) is 0. The Morgan fingerprint density at radius 2 is 1.96 bits per heavy atom. The van der Waals surface area contributed by atoms with E-state index in [1.165, 1.54) is 0 Å². The maximum Gasteiger partial charge on any atom is 0.268 e. The molecule has 0 bridgehead atoms. The summed E-state index contributed by atoms with van der Waals surface area (Å²) in [5.74, 6) is 0.557. The van der Waals surface area contributed by atoms with E-state index in [1.807, 2.05) is 39.0 Å². The maximum atomic E-state index is 13.1. The van der Waals surface area contributed by atoms with Gasteiger partial charge in [0.2, 0.25) is 0 Å². The number of fused-ring (bicyclic) bond motifs is 1. The first-order valence-electron chi connectivity index (χ1n) is 8.81. The Hall–Kier alpha value is -2.33. The number of ether oxygens (including phenoxy) is 1. The van der Waals surface area contributed by atoms with Gasteiger partial charge >= 0.3 is 0 Å². The highest BCUT2D eigenvalue weighted by molar-refractivity contribution is 6.31. The Labute approximate surface area is 158 Å². The van der Waals surface area contributed by atoms with E-state index in [4.69, 9.17) is 16.3 Å². The molecule has 0 spiro atoms. The molecule has 5 heteroatoms. The van der Waals surface area contributed by atoms with E-state index >= 15 is 0 Å². The summed E-state index contributed by atoms with van der Waals surface area (Å²) >= 11 is 6.30. The molecule has 0 N–H and O–H groups in total. The second kappa shape index (κ2) is 7.50. The highest BCUT2D eigenvalue weighted by Gasteiger charge is 2.36. The van der Waals surface area contributed by atoms with Crippen LogP contribution in [-0.2, 0) is 11.3 Å². The number of carbonyl (C=O) groups is 2. The minimum atomic E-state index is -0.558. The van der Waals surface area contributed by atoms with Crippen molar-refractivity contribution in [2.24, 2.45) is 5.92 Å². The van der Waals surface area contributed by atoms with Crippen LogP contribution in [0.1, 0.15) is 43.1 Å². The Morgan fingerprint density at radius 3 is 2.62 bits per heavy atom. The van der Waals surface area contributed by atoms with Crippen LogP contribution < -0.4 is 9.64 Å². The van der Waals surface area contributed by atoms with Crippen molar-refractivity contribution in [3.05, 3.63) is 58.6 Å². The minimum absolute atomic E-state index is 0.0290. The number of rotatable bonds is 5. The van der Waals surface area contributed by atoms with E-state index in [9.17, 15) is 9.59 Å². The summed E-state index contributed by atoms with van der Waals surface area (Å²) in [6, 6.07) is 12.7. The fourth-order valence-corrected chi connectivity index (χ4v) is 3.24. The SMILES string of the molecule is CCC(=O)c1ccc2c(c1)N(Cc1ccccc1Cl)C(=O)C(C(C)C)O2. The number of amides is 1. The number of Topliss-reactive ketones (excluding diaryl/α,β-unsaturated/α-hetero) is 1. The number of ketones is 1. The lowest BCUT2D eigenvalue weighted by atomic mass is 10.0. The quantitative estimate of drug-likeness (QED) is 0.703. The van der Waals surface area contributed by atoms with Gasteiger partial charge in [0.1, 0.15) is 5.75 Å². The van der Waals surface area contributed by atoms with Crippen molar-refractivity contribution in [3.8, 4) is 5.75 Å². The summed E-state index contributed by atoms with van der Waals surface area (Å²) in [6.07, 6.45) is -0.148. The lowest BCUT2D eigenvalue weighted by Crippen LogP contribution is -2.48. The number of halogens is 1. The van der Waals surface area contributed by atoms with Crippen LogP contribution in [0.2, 0.25) is 5.02 Å². The van der Waals surface area contributed by atoms with Crippen molar-refractivity contribution in [1.82, 2.24) is 0 Å². The molecule has 1 atom stereocenters. The van der Waals surface area contributed by atoms with Crippen LogP contribution in [0.3, 0.4) is 0 Å². The second-order valence-corrected chi connectivity index (χ2v) is 7.16. The van der Waals surface area contributed by atoms with Gasteiger partial charge in [0.15, 0.2) is 11.9 Å². The van der Waals surface area contributed by atoms with E-state index in [-0.39, 0.29) is 17.6 Å². The molecule has 0 aromatic heterocycles. The molecular formula is C21H22ClNO3. The molecule has 26 heavy (non-hydrogen) atoms. The van der Waals surface area contributed by atoms with Crippen molar-refractivity contribution in [1.29, 1.82) is 0 Å². The molecule has 1 heterocycles. The molecule has 136 valence electrons. The smallest absolute Gasteiger partial charge is 0.268 e. The monoisotopic (exact) mass is 371 g/mol. The molecule has 0 aliphatic carbocycles. The third kappa shape index (κ3) is 3.47. The maximum absolute atomic E-state index is 13.1. The zero-order valence-corrected chi connectivity index (χ0v) is 15.9. The molecule has 3 rings (SSSR count). The Balaban J connectivity index is 2.07. The number of anilines is 1. The first-order chi connectivity index (χ1) is 12.4. The van der Waals surface area contributed by atoms with E-state index in [1.54, 1.807) is 29.2 Å². The highest BCUT2D eigenvalue weighted by Crippen LogP contribution is 2.38. The van der Waals surface area contributed by atoms with Crippen molar-refractivity contribution < 1.29 is 14.3 Å². The molecule has 0 fully saturated rings. The van der Waals surface area contributed by atoms with E-state index < -0.39 is 6.10 Å². The normalized spacial score (nSPS) is 16.4. The molecule has 2 aromatic rings. The summed E-state index contributed by atoms with van der Waals surface area (Å²) in [5.41, 5.74) is 2.05. The molecule has 1 aliphatic rings. The first-order valence-corrected chi connectivity index (χ1v) is 9.18. The average Bonchev–Trinajstić information content (AvgIpc) is 2.64. The van der Waals surface area contributed by atoms with Gasteiger partial charge in [-0.3, -0.25) is 9.59 Å². The van der Waals surface area contributed by atoms with Gasteiger partial charge < -0.3 is 9.64 Å². The first kappa shape index (κ1) is 18.5. The van der Waals surface area contributed by atoms with Gasteiger partial charge in [-0.15, -0.1) is 0 Å². The van der Waals surface area contributed by atoms with Crippen LogP contribution in [-0.4, -0.2) is 17.8 Å². The van der Waals surface area contributed by atoms with Gasteiger partial charge in [0, 0.05) is 17.0 Å². The molecule has 0 saturated carbocycles. The van der Waals surface area contributed by atoms with Gasteiger partial charge in [-0.1, -0.05) is 50.6 Å². The van der Waals surface area contributed by atoms with Crippen LogP contribution in [0.15, 0.2) is 42.5 Å². The largest absolute Gasteiger partial charge is 0.478 e. The summed E-state index contributed by atoms with van der Waals surface area (Å²) in [4.78, 5) is 26.9. The summed E-state index contributed by atoms with van der Waals surface area (Å²) in [6.45, 7) is 6.06. The number of carbonyl (C=O) groups excluding carboxylic acids is 2. The van der Waals surface area contributed by atoms with Gasteiger partial charge in [-0.05, 0) is 35.7 Å². The van der Waals surface area contributed by atoms with Crippen LogP contribution >= 0.6 is 11.6 Å². The Morgan fingerprint density at radius 1 is 1.23 bits per heavy atom. The van der Waals surface area contributed by atoms with E-state index in [2.05, 4.69) is 0 Å². The fraction of sp³-hybridized carbons (Fsp3) is 0.333. The molecule has 4 nitrogen and oxygen atoms in total. The van der Waals surface area contributed by atoms with E-state index in [0.717, 1.165) is 5.56 Å². The number of nitrogens with zero attached hydrogens (tertiary/aromatic N) is 1. The molecule has 0 radical (unpaired) electrons. The van der Waals surface area contributed by atoms with Gasteiger partial charge in [0.05, 0.1) is 12.2 Å². The zero-order valence-electron chi connectivity index (χ0n) is 15.2. The third-order valence-corrected chi connectivity index (χ3v) is 4.92. The molecule has 0 saturated heterocycles. The number of hydrogen-bond acceptors (Lipinski definition) is 3. The molecule has 1 aliphatic heterocycles. The number of benzene rings is 2. The second-order valence-electron chi connectivity index (χ2n) is 6.76.